The predicted molar refractivity (Wildman–Crippen MR) is 173 cm³/mol. The summed E-state index contributed by atoms with van der Waals surface area (Å²) >= 11 is 13.0. The lowest BCUT2D eigenvalue weighted by molar-refractivity contribution is -0.140. The maximum atomic E-state index is 14.3. The van der Waals surface area contributed by atoms with E-state index in [0.29, 0.717) is 27.7 Å². The summed E-state index contributed by atoms with van der Waals surface area (Å²) in [6, 6.07) is 19.4. The first kappa shape index (κ1) is 32.8. The van der Waals surface area contributed by atoms with Gasteiger partial charge in [-0.15, -0.1) is 0 Å². The third-order valence-corrected chi connectivity index (χ3v) is 10.5. The van der Waals surface area contributed by atoms with Crippen molar-refractivity contribution in [3.63, 3.8) is 0 Å². The largest absolute Gasteiger partial charge is 0.352 e. The highest BCUT2D eigenvalue weighted by atomic mass is 35.5. The first-order valence-electron chi connectivity index (χ1n) is 14.8. The minimum atomic E-state index is -4.13. The Balaban J connectivity index is 1.73. The van der Waals surface area contributed by atoms with Crippen LogP contribution in [0.25, 0.3) is 0 Å². The van der Waals surface area contributed by atoms with E-state index in [2.05, 4.69) is 5.32 Å². The van der Waals surface area contributed by atoms with Gasteiger partial charge in [0, 0.05) is 28.2 Å². The molecule has 4 rings (SSSR count). The van der Waals surface area contributed by atoms with Gasteiger partial charge in [0.05, 0.1) is 10.6 Å². The van der Waals surface area contributed by atoms with E-state index < -0.39 is 28.5 Å². The van der Waals surface area contributed by atoms with Crippen molar-refractivity contribution >= 4 is 50.7 Å². The van der Waals surface area contributed by atoms with E-state index in [-0.39, 0.29) is 23.4 Å². The molecule has 1 atom stereocenters. The van der Waals surface area contributed by atoms with Crippen LogP contribution >= 0.6 is 23.2 Å². The van der Waals surface area contributed by atoms with Gasteiger partial charge in [0.2, 0.25) is 11.8 Å². The molecule has 230 valence electrons. The summed E-state index contributed by atoms with van der Waals surface area (Å²) in [5.74, 6) is -0.809. The maximum Gasteiger partial charge on any atom is 0.264 e. The minimum Gasteiger partial charge on any atom is -0.352 e. The Labute approximate surface area is 265 Å². The van der Waals surface area contributed by atoms with E-state index in [1.165, 1.54) is 17.0 Å². The third-order valence-electron chi connectivity index (χ3n) is 7.97. The van der Waals surface area contributed by atoms with E-state index in [4.69, 9.17) is 23.2 Å². The Morgan fingerprint density at radius 2 is 1.51 bits per heavy atom. The lowest BCUT2D eigenvalue weighted by Crippen LogP contribution is -2.54. The summed E-state index contributed by atoms with van der Waals surface area (Å²) in [5, 5.41) is 3.86. The summed E-state index contributed by atoms with van der Waals surface area (Å²) in [6.45, 7) is 3.28. The molecule has 0 saturated heterocycles. The topological polar surface area (TPSA) is 86.8 Å². The molecule has 1 aliphatic carbocycles. The van der Waals surface area contributed by atoms with Gasteiger partial charge in [0.1, 0.15) is 12.6 Å². The van der Waals surface area contributed by atoms with Crippen molar-refractivity contribution in [1.82, 2.24) is 10.2 Å². The van der Waals surface area contributed by atoms with Crippen LogP contribution in [0, 0.1) is 0 Å². The fourth-order valence-electron chi connectivity index (χ4n) is 5.46. The number of hydrogen-bond acceptors (Lipinski definition) is 4. The Bertz CT molecular complexity index is 1470. The van der Waals surface area contributed by atoms with Crippen molar-refractivity contribution < 1.29 is 18.0 Å². The molecule has 3 aromatic rings. The zero-order valence-electron chi connectivity index (χ0n) is 24.6. The summed E-state index contributed by atoms with van der Waals surface area (Å²) < 4.78 is 29.1. The Kier molecular flexibility index (Phi) is 11.5. The molecule has 2 amide bonds. The molecule has 0 aliphatic heterocycles. The van der Waals surface area contributed by atoms with Gasteiger partial charge in [-0.1, -0.05) is 92.7 Å². The van der Waals surface area contributed by atoms with Crippen molar-refractivity contribution in [3.05, 3.63) is 94.0 Å². The van der Waals surface area contributed by atoms with E-state index in [0.717, 1.165) is 48.4 Å². The number of anilines is 1. The van der Waals surface area contributed by atoms with Gasteiger partial charge in [-0.05, 0) is 67.6 Å². The standard InChI is InChI=1S/C33H39Cl2N3O4S/c1-3-24-18-20-26(21-19-24)38(43(41,42)27-14-9-6-10-15-27)23-32(39)37(22-28-29(34)16-11-17-30(28)35)31(4-2)33(40)36-25-12-7-5-8-13-25/h6,9-11,14-21,25,31H,3-5,7-8,12-13,22-23H2,1-2H3,(H,36,40)/t31-/m0/s1. The number of halogens is 2. The molecule has 1 aliphatic rings. The van der Waals surface area contributed by atoms with Crippen LogP contribution in [0.4, 0.5) is 5.69 Å². The molecule has 7 nitrogen and oxygen atoms in total. The van der Waals surface area contributed by atoms with Crippen molar-refractivity contribution in [1.29, 1.82) is 0 Å². The van der Waals surface area contributed by atoms with Crippen LogP contribution < -0.4 is 9.62 Å². The summed E-state index contributed by atoms with van der Waals surface area (Å²) in [5.41, 5.74) is 1.88. The molecule has 0 radical (unpaired) electrons. The average Bonchev–Trinajstić information content (AvgIpc) is 3.02. The Morgan fingerprint density at radius 3 is 2.09 bits per heavy atom. The number of hydrogen-bond donors (Lipinski definition) is 1. The number of sulfonamides is 1. The molecular formula is C33H39Cl2N3O4S. The second kappa shape index (κ2) is 15.1. The van der Waals surface area contributed by atoms with Gasteiger partial charge in [-0.3, -0.25) is 13.9 Å². The molecule has 43 heavy (non-hydrogen) atoms. The van der Waals surface area contributed by atoms with Gasteiger partial charge >= 0.3 is 0 Å². The third kappa shape index (κ3) is 8.11. The average molecular weight is 645 g/mol. The molecule has 0 bridgehead atoms. The van der Waals surface area contributed by atoms with Gasteiger partial charge in [-0.2, -0.15) is 0 Å². The van der Waals surface area contributed by atoms with Crippen LogP contribution in [0.3, 0.4) is 0 Å². The molecule has 10 heteroatoms. The van der Waals surface area contributed by atoms with Gasteiger partial charge < -0.3 is 10.2 Å². The molecule has 0 heterocycles. The van der Waals surface area contributed by atoms with E-state index in [9.17, 15) is 18.0 Å². The quantitative estimate of drug-likeness (QED) is 0.230. The first-order chi connectivity index (χ1) is 20.6. The normalized spacial score (nSPS) is 14.6. The number of aryl methyl sites for hydroxylation is 1. The second-order valence-electron chi connectivity index (χ2n) is 10.8. The fraction of sp³-hybridized carbons (Fsp3) is 0.394. The first-order valence-corrected chi connectivity index (χ1v) is 17.0. The smallest absolute Gasteiger partial charge is 0.264 e. The number of amides is 2. The minimum absolute atomic E-state index is 0.0446. The van der Waals surface area contributed by atoms with E-state index in [1.54, 1.807) is 48.5 Å². The number of nitrogens with one attached hydrogen (secondary N) is 1. The molecule has 3 aromatic carbocycles. The molecule has 1 saturated carbocycles. The van der Waals surface area contributed by atoms with Gasteiger partial charge in [0.25, 0.3) is 10.0 Å². The van der Waals surface area contributed by atoms with Crippen LogP contribution in [0.5, 0.6) is 0 Å². The van der Waals surface area contributed by atoms with Crippen LogP contribution in [-0.4, -0.2) is 43.8 Å². The van der Waals surface area contributed by atoms with Gasteiger partial charge in [0.15, 0.2) is 0 Å². The van der Waals surface area contributed by atoms with Crippen molar-refractivity contribution in [2.45, 2.75) is 82.3 Å². The summed E-state index contributed by atoms with van der Waals surface area (Å²) in [6.07, 6.45) is 6.12. The number of rotatable bonds is 12. The van der Waals surface area contributed by atoms with E-state index in [1.807, 2.05) is 26.0 Å². The van der Waals surface area contributed by atoms with Crippen LogP contribution in [0.1, 0.15) is 63.5 Å². The number of nitrogens with zero attached hydrogens (tertiary/aromatic N) is 2. The zero-order chi connectivity index (χ0) is 31.0. The Hall–Kier alpha value is -3.07. The number of benzene rings is 3. The highest BCUT2D eigenvalue weighted by Crippen LogP contribution is 2.29. The highest BCUT2D eigenvalue weighted by Gasteiger charge is 2.35. The van der Waals surface area contributed by atoms with Crippen molar-refractivity contribution in [3.8, 4) is 0 Å². The van der Waals surface area contributed by atoms with Crippen LogP contribution in [-0.2, 0) is 32.6 Å². The SMILES string of the molecule is CCc1ccc(N(CC(=O)N(Cc2c(Cl)cccc2Cl)[C@@H](CC)C(=O)NC2CCCCC2)S(=O)(=O)c2ccccc2)cc1. The fourth-order valence-corrected chi connectivity index (χ4v) is 7.42. The van der Waals surface area contributed by atoms with E-state index >= 15 is 0 Å². The van der Waals surface area contributed by atoms with Gasteiger partial charge in [-0.25, -0.2) is 8.42 Å². The summed E-state index contributed by atoms with van der Waals surface area (Å²) in [7, 11) is -4.13. The summed E-state index contributed by atoms with van der Waals surface area (Å²) in [4.78, 5) is 29.5. The van der Waals surface area contributed by atoms with Crippen LogP contribution in [0.15, 0.2) is 77.7 Å². The molecule has 0 aromatic heterocycles. The van der Waals surface area contributed by atoms with Crippen molar-refractivity contribution in [2.24, 2.45) is 0 Å². The highest BCUT2D eigenvalue weighted by molar-refractivity contribution is 7.92. The molecule has 1 fully saturated rings. The second-order valence-corrected chi connectivity index (χ2v) is 13.5. The lowest BCUT2D eigenvalue weighted by Gasteiger charge is -2.34. The Morgan fingerprint density at radius 1 is 0.884 bits per heavy atom. The predicted octanol–water partition coefficient (Wildman–Crippen LogP) is 7.01. The molecule has 0 spiro atoms. The number of carbonyl (C=O) groups is 2. The molecular weight excluding hydrogens is 605 g/mol. The lowest BCUT2D eigenvalue weighted by atomic mass is 9.95. The number of carbonyl (C=O) groups excluding carboxylic acids is 2. The molecule has 1 N–H and O–H groups in total. The maximum absolute atomic E-state index is 14.3. The zero-order valence-corrected chi connectivity index (χ0v) is 27.0. The molecule has 0 unspecified atom stereocenters. The monoisotopic (exact) mass is 643 g/mol. The van der Waals surface area contributed by atoms with Crippen LogP contribution in [0.2, 0.25) is 10.0 Å². The van der Waals surface area contributed by atoms with Crippen molar-refractivity contribution in [2.75, 3.05) is 10.8 Å².